The van der Waals surface area contributed by atoms with Gasteiger partial charge in [0.05, 0.1) is 17.2 Å². The van der Waals surface area contributed by atoms with Crippen LogP contribution >= 0.6 is 15.9 Å². The molecule has 0 aromatic heterocycles. The summed E-state index contributed by atoms with van der Waals surface area (Å²) in [6, 6.07) is 8.74. The number of hydrogen-bond donors (Lipinski definition) is 2. The number of benzene rings is 2. The lowest BCUT2D eigenvalue weighted by Crippen LogP contribution is -2.16. The minimum atomic E-state index is -3.95. The molecule has 0 atom stereocenters. The Kier molecular flexibility index (Phi) is 4.65. The molecule has 21 heavy (non-hydrogen) atoms. The number of hydrogen-bond acceptors (Lipinski definition) is 3. The summed E-state index contributed by atoms with van der Waals surface area (Å²) in [5.74, 6) is -0.677. The van der Waals surface area contributed by atoms with Crippen molar-refractivity contribution in [3.63, 3.8) is 0 Å². The van der Waals surface area contributed by atoms with Crippen LogP contribution < -0.4 is 4.72 Å². The van der Waals surface area contributed by atoms with Gasteiger partial charge in [0.1, 0.15) is 5.82 Å². The van der Waals surface area contributed by atoms with E-state index in [0.29, 0.717) is 15.6 Å². The van der Waals surface area contributed by atoms with E-state index in [9.17, 15) is 17.9 Å². The molecule has 7 heteroatoms. The van der Waals surface area contributed by atoms with E-state index in [1.54, 1.807) is 13.0 Å². The second-order valence-electron chi connectivity index (χ2n) is 4.40. The Morgan fingerprint density at radius 1 is 1.24 bits per heavy atom. The van der Waals surface area contributed by atoms with Gasteiger partial charge in [0.15, 0.2) is 0 Å². The van der Waals surface area contributed by atoms with Crippen LogP contribution in [0.4, 0.5) is 10.1 Å². The van der Waals surface area contributed by atoms with Gasteiger partial charge in [-0.05, 0) is 52.2 Å². The van der Waals surface area contributed by atoms with Crippen molar-refractivity contribution in [3.05, 3.63) is 57.8 Å². The number of anilines is 1. The Labute approximate surface area is 130 Å². The van der Waals surface area contributed by atoms with Gasteiger partial charge in [0.25, 0.3) is 10.0 Å². The lowest BCUT2D eigenvalue weighted by atomic mass is 10.1. The Morgan fingerprint density at radius 2 is 1.90 bits per heavy atom. The smallest absolute Gasteiger partial charge is 0.262 e. The van der Waals surface area contributed by atoms with Gasteiger partial charge in [0, 0.05) is 4.47 Å². The van der Waals surface area contributed by atoms with Crippen LogP contribution in [0.25, 0.3) is 0 Å². The van der Waals surface area contributed by atoms with Crippen molar-refractivity contribution in [2.45, 2.75) is 18.4 Å². The predicted octanol–water partition coefficient (Wildman–Crippen LogP) is 3.19. The lowest BCUT2D eigenvalue weighted by molar-refractivity contribution is 0.280. The molecule has 2 N–H and O–H groups in total. The Bertz CT molecular complexity index is 758. The molecule has 2 aromatic carbocycles. The first-order valence-electron chi connectivity index (χ1n) is 6.03. The van der Waals surface area contributed by atoms with E-state index in [-0.39, 0.29) is 17.2 Å². The third kappa shape index (κ3) is 3.25. The number of rotatable bonds is 4. The average molecular weight is 374 g/mol. The van der Waals surface area contributed by atoms with E-state index in [1.165, 1.54) is 30.3 Å². The summed E-state index contributed by atoms with van der Waals surface area (Å²) in [4.78, 5) is 0.00389. The van der Waals surface area contributed by atoms with E-state index >= 15 is 0 Å². The number of nitrogens with one attached hydrogen (secondary N) is 1. The van der Waals surface area contributed by atoms with Crippen LogP contribution in [-0.4, -0.2) is 13.5 Å². The molecule has 4 nitrogen and oxygen atoms in total. The second kappa shape index (κ2) is 6.13. The molecule has 0 bridgehead atoms. The molecule has 2 rings (SSSR count). The van der Waals surface area contributed by atoms with Crippen LogP contribution in [-0.2, 0) is 16.6 Å². The van der Waals surface area contributed by atoms with E-state index in [1.807, 2.05) is 0 Å². The van der Waals surface area contributed by atoms with Gasteiger partial charge in [-0.1, -0.05) is 18.2 Å². The van der Waals surface area contributed by atoms with Crippen LogP contribution in [0.5, 0.6) is 0 Å². The van der Waals surface area contributed by atoms with E-state index < -0.39 is 15.8 Å². The summed E-state index contributed by atoms with van der Waals surface area (Å²) in [6.07, 6.45) is 0. The molecule has 112 valence electrons. The SMILES string of the molecule is Cc1c(CO)cccc1S(=O)(=O)Nc1c(F)cccc1Br. The molecule has 0 aliphatic carbocycles. The van der Waals surface area contributed by atoms with E-state index in [0.717, 1.165) is 0 Å². The maximum absolute atomic E-state index is 13.7. The largest absolute Gasteiger partial charge is 0.392 e. The molecular weight excluding hydrogens is 361 g/mol. The van der Waals surface area contributed by atoms with Crippen molar-refractivity contribution in [3.8, 4) is 0 Å². The fourth-order valence-electron chi connectivity index (χ4n) is 1.91. The summed E-state index contributed by atoms with van der Waals surface area (Å²) in [5, 5.41) is 9.20. The zero-order chi connectivity index (χ0) is 15.6. The summed E-state index contributed by atoms with van der Waals surface area (Å²) in [7, 11) is -3.95. The first-order chi connectivity index (χ1) is 9.86. The number of halogens is 2. The van der Waals surface area contributed by atoms with Gasteiger partial charge in [-0.15, -0.1) is 0 Å². The van der Waals surface area contributed by atoms with Gasteiger partial charge in [-0.25, -0.2) is 12.8 Å². The minimum absolute atomic E-state index is 0.00389. The van der Waals surface area contributed by atoms with E-state index in [2.05, 4.69) is 20.7 Å². The number of aliphatic hydroxyl groups is 1. The monoisotopic (exact) mass is 373 g/mol. The molecule has 0 saturated carbocycles. The highest BCUT2D eigenvalue weighted by molar-refractivity contribution is 9.10. The lowest BCUT2D eigenvalue weighted by Gasteiger charge is -2.14. The topological polar surface area (TPSA) is 66.4 Å². The summed E-state index contributed by atoms with van der Waals surface area (Å²) >= 11 is 3.11. The van der Waals surface area contributed by atoms with Gasteiger partial charge >= 0.3 is 0 Å². The van der Waals surface area contributed by atoms with Crippen molar-refractivity contribution in [2.75, 3.05) is 4.72 Å². The van der Waals surface area contributed by atoms with Crippen LogP contribution in [0, 0.1) is 12.7 Å². The maximum atomic E-state index is 13.7. The molecule has 0 spiro atoms. The molecule has 0 fully saturated rings. The minimum Gasteiger partial charge on any atom is -0.392 e. The Morgan fingerprint density at radius 3 is 2.52 bits per heavy atom. The van der Waals surface area contributed by atoms with Crippen LogP contribution in [0.15, 0.2) is 45.8 Å². The number of para-hydroxylation sites is 1. The van der Waals surface area contributed by atoms with Gasteiger partial charge in [0.2, 0.25) is 0 Å². The molecule has 2 aromatic rings. The quantitative estimate of drug-likeness (QED) is 0.864. The number of sulfonamides is 1. The summed E-state index contributed by atoms with van der Waals surface area (Å²) in [5.41, 5.74) is 0.789. The first kappa shape index (κ1) is 15.9. The van der Waals surface area contributed by atoms with Crippen molar-refractivity contribution in [1.29, 1.82) is 0 Å². The highest BCUT2D eigenvalue weighted by Crippen LogP contribution is 2.29. The van der Waals surface area contributed by atoms with Crippen LogP contribution in [0.1, 0.15) is 11.1 Å². The van der Waals surface area contributed by atoms with Crippen LogP contribution in [0.2, 0.25) is 0 Å². The van der Waals surface area contributed by atoms with Crippen molar-refractivity contribution in [2.24, 2.45) is 0 Å². The zero-order valence-electron chi connectivity index (χ0n) is 11.1. The normalized spacial score (nSPS) is 11.4. The molecule has 0 unspecified atom stereocenters. The fourth-order valence-corrected chi connectivity index (χ4v) is 3.86. The summed E-state index contributed by atoms with van der Waals surface area (Å²) in [6.45, 7) is 1.33. The van der Waals surface area contributed by atoms with Crippen LogP contribution in [0.3, 0.4) is 0 Å². The summed E-state index contributed by atoms with van der Waals surface area (Å²) < 4.78 is 41.1. The van der Waals surface area contributed by atoms with Gasteiger partial charge in [-0.3, -0.25) is 4.72 Å². The van der Waals surface area contributed by atoms with Crippen molar-refractivity contribution < 1.29 is 17.9 Å². The predicted molar refractivity (Wildman–Crippen MR) is 82.0 cm³/mol. The van der Waals surface area contributed by atoms with Crippen molar-refractivity contribution >= 4 is 31.6 Å². The molecule has 0 amide bonds. The van der Waals surface area contributed by atoms with Gasteiger partial charge in [-0.2, -0.15) is 0 Å². The molecule has 0 aliphatic rings. The molecule has 0 radical (unpaired) electrons. The highest BCUT2D eigenvalue weighted by atomic mass is 79.9. The molecule has 0 saturated heterocycles. The second-order valence-corrected chi connectivity index (χ2v) is 6.91. The average Bonchev–Trinajstić information content (AvgIpc) is 2.43. The first-order valence-corrected chi connectivity index (χ1v) is 8.30. The maximum Gasteiger partial charge on any atom is 0.262 e. The third-order valence-electron chi connectivity index (χ3n) is 3.06. The number of aliphatic hydroxyl groups excluding tert-OH is 1. The molecule has 0 heterocycles. The Hall–Kier alpha value is -1.44. The third-order valence-corrected chi connectivity index (χ3v) is 5.21. The fraction of sp³-hybridized carbons (Fsp3) is 0.143. The van der Waals surface area contributed by atoms with Gasteiger partial charge < -0.3 is 5.11 Å². The Balaban J connectivity index is 2.49. The van der Waals surface area contributed by atoms with Crippen molar-refractivity contribution in [1.82, 2.24) is 0 Å². The molecular formula is C14H13BrFNO3S. The molecule has 0 aliphatic heterocycles. The van der Waals surface area contributed by atoms with E-state index in [4.69, 9.17) is 0 Å². The zero-order valence-corrected chi connectivity index (χ0v) is 13.5. The standard InChI is InChI=1S/C14H13BrFNO3S/c1-9-10(8-18)4-2-7-13(9)21(19,20)17-14-11(15)5-3-6-12(14)16/h2-7,17-18H,8H2,1H3. The highest BCUT2D eigenvalue weighted by Gasteiger charge is 2.21.